The summed E-state index contributed by atoms with van der Waals surface area (Å²) in [5.41, 5.74) is 0.621. The molecule has 31 heavy (non-hydrogen) atoms. The first-order valence-electron chi connectivity index (χ1n) is 9.10. The van der Waals surface area contributed by atoms with Crippen molar-refractivity contribution in [3.63, 3.8) is 0 Å². The number of carbonyl (C=O) groups is 2. The zero-order valence-corrected chi connectivity index (χ0v) is 17.2. The number of rotatable bonds is 4. The van der Waals surface area contributed by atoms with E-state index in [9.17, 15) is 23.5 Å². The van der Waals surface area contributed by atoms with Gasteiger partial charge in [-0.05, 0) is 47.3 Å². The maximum absolute atomic E-state index is 14.0. The largest absolute Gasteiger partial charge is 0.503 e. The number of thiazole rings is 1. The number of thiophene rings is 1. The number of hydrogen-bond acceptors (Lipinski definition) is 6. The summed E-state index contributed by atoms with van der Waals surface area (Å²) in [6, 6.07) is 11.7. The SMILES string of the molecule is O=C(C1=C(O)C(=O)N(c2nc3ccc(F)cc3s2)[C@H]1c1cccc(F)c1)c1cccs1. The van der Waals surface area contributed by atoms with Crippen molar-refractivity contribution in [3.05, 3.63) is 93.4 Å². The molecule has 2 aromatic carbocycles. The zero-order chi connectivity index (χ0) is 21.7. The van der Waals surface area contributed by atoms with Gasteiger partial charge >= 0.3 is 0 Å². The highest BCUT2D eigenvalue weighted by molar-refractivity contribution is 7.22. The Hall–Kier alpha value is -3.43. The van der Waals surface area contributed by atoms with Gasteiger partial charge in [0.25, 0.3) is 5.91 Å². The van der Waals surface area contributed by atoms with Gasteiger partial charge in [0.2, 0.25) is 5.78 Å². The van der Waals surface area contributed by atoms with Crippen LogP contribution in [-0.2, 0) is 4.79 Å². The number of aliphatic hydroxyl groups is 1. The van der Waals surface area contributed by atoms with Crippen LogP contribution < -0.4 is 4.90 Å². The summed E-state index contributed by atoms with van der Waals surface area (Å²) in [4.78, 5) is 32.1. The molecule has 1 atom stereocenters. The molecule has 1 N–H and O–H groups in total. The lowest BCUT2D eigenvalue weighted by atomic mass is 9.95. The number of halogens is 2. The van der Waals surface area contributed by atoms with Crippen LogP contribution in [-0.4, -0.2) is 21.8 Å². The average molecular weight is 454 g/mol. The highest BCUT2D eigenvalue weighted by Crippen LogP contribution is 2.44. The quantitative estimate of drug-likeness (QED) is 0.418. The number of carbonyl (C=O) groups excluding carboxylic acids is 2. The number of hydrogen-bond donors (Lipinski definition) is 1. The molecular weight excluding hydrogens is 442 g/mol. The van der Waals surface area contributed by atoms with Crippen molar-refractivity contribution in [2.45, 2.75) is 6.04 Å². The number of benzene rings is 2. The van der Waals surface area contributed by atoms with Gasteiger partial charge in [-0.3, -0.25) is 14.5 Å². The van der Waals surface area contributed by atoms with Crippen molar-refractivity contribution in [3.8, 4) is 0 Å². The predicted octanol–water partition coefficient (Wildman–Crippen LogP) is 5.42. The summed E-state index contributed by atoms with van der Waals surface area (Å²) in [5.74, 6) is -3.06. The maximum Gasteiger partial charge on any atom is 0.296 e. The minimum atomic E-state index is -1.08. The molecule has 2 aromatic heterocycles. The van der Waals surface area contributed by atoms with E-state index in [-0.39, 0.29) is 10.7 Å². The maximum atomic E-state index is 14.0. The molecule has 4 aromatic rings. The first-order chi connectivity index (χ1) is 14.9. The van der Waals surface area contributed by atoms with E-state index in [0.717, 1.165) is 16.2 Å². The molecule has 1 aliphatic heterocycles. The molecule has 0 spiro atoms. The Kier molecular flexibility index (Phi) is 4.64. The van der Waals surface area contributed by atoms with Crippen molar-refractivity contribution in [2.75, 3.05) is 4.90 Å². The fraction of sp³-hybridized carbons (Fsp3) is 0.0455. The van der Waals surface area contributed by atoms with Crippen LogP contribution in [0, 0.1) is 11.6 Å². The van der Waals surface area contributed by atoms with Crippen molar-refractivity contribution in [1.82, 2.24) is 4.98 Å². The molecule has 1 aliphatic rings. The van der Waals surface area contributed by atoms with Gasteiger partial charge in [-0.2, -0.15) is 0 Å². The highest BCUT2D eigenvalue weighted by atomic mass is 32.1. The lowest BCUT2D eigenvalue weighted by Crippen LogP contribution is -2.31. The summed E-state index contributed by atoms with van der Waals surface area (Å²) in [7, 11) is 0. The van der Waals surface area contributed by atoms with E-state index in [1.807, 2.05) is 0 Å². The van der Waals surface area contributed by atoms with Crippen LogP contribution in [0.5, 0.6) is 0 Å². The van der Waals surface area contributed by atoms with Gasteiger partial charge in [0.1, 0.15) is 11.6 Å². The van der Waals surface area contributed by atoms with E-state index in [1.54, 1.807) is 23.6 Å². The number of aliphatic hydroxyl groups excluding tert-OH is 1. The second kappa shape index (κ2) is 7.36. The normalized spacial score (nSPS) is 16.5. The van der Waals surface area contributed by atoms with E-state index in [4.69, 9.17) is 0 Å². The molecule has 0 bridgehead atoms. The Balaban J connectivity index is 1.70. The van der Waals surface area contributed by atoms with Crippen LogP contribution in [0.25, 0.3) is 10.2 Å². The average Bonchev–Trinajstić information content (AvgIpc) is 3.46. The molecule has 5 nitrogen and oxygen atoms in total. The summed E-state index contributed by atoms with van der Waals surface area (Å²) in [6.07, 6.45) is 0. The van der Waals surface area contributed by atoms with Crippen molar-refractivity contribution in [1.29, 1.82) is 0 Å². The summed E-state index contributed by atoms with van der Waals surface area (Å²) in [5, 5.41) is 12.5. The Morgan fingerprint density at radius 1 is 1.06 bits per heavy atom. The van der Waals surface area contributed by atoms with Crippen LogP contribution in [0.3, 0.4) is 0 Å². The Morgan fingerprint density at radius 3 is 2.61 bits per heavy atom. The van der Waals surface area contributed by atoms with Crippen LogP contribution in [0.4, 0.5) is 13.9 Å². The minimum absolute atomic E-state index is 0.150. The Bertz CT molecular complexity index is 1380. The topological polar surface area (TPSA) is 70.5 Å². The third kappa shape index (κ3) is 3.22. The van der Waals surface area contributed by atoms with Crippen molar-refractivity contribution in [2.24, 2.45) is 0 Å². The first-order valence-corrected chi connectivity index (χ1v) is 10.8. The molecule has 1 amide bonds. The minimum Gasteiger partial charge on any atom is -0.503 e. The highest BCUT2D eigenvalue weighted by Gasteiger charge is 2.46. The van der Waals surface area contributed by atoms with Crippen molar-refractivity contribution >= 4 is 49.7 Å². The number of ketones is 1. The summed E-state index contributed by atoms with van der Waals surface area (Å²) in [6.45, 7) is 0. The fourth-order valence-electron chi connectivity index (χ4n) is 3.56. The number of fused-ring (bicyclic) bond motifs is 1. The van der Waals surface area contributed by atoms with Gasteiger partial charge in [0.15, 0.2) is 10.9 Å². The number of anilines is 1. The second-order valence-corrected chi connectivity index (χ2v) is 8.77. The Morgan fingerprint density at radius 2 is 1.87 bits per heavy atom. The second-order valence-electron chi connectivity index (χ2n) is 6.81. The lowest BCUT2D eigenvalue weighted by Gasteiger charge is -2.24. The van der Waals surface area contributed by atoms with Gasteiger partial charge in [-0.15, -0.1) is 11.3 Å². The van der Waals surface area contributed by atoms with Gasteiger partial charge in [0.05, 0.1) is 26.7 Å². The van der Waals surface area contributed by atoms with Crippen molar-refractivity contribution < 1.29 is 23.5 Å². The number of amides is 1. The third-order valence-corrected chi connectivity index (χ3v) is 6.79. The molecule has 9 heteroatoms. The summed E-state index contributed by atoms with van der Waals surface area (Å²) < 4.78 is 28.2. The number of aromatic nitrogens is 1. The fourth-order valence-corrected chi connectivity index (χ4v) is 5.25. The lowest BCUT2D eigenvalue weighted by molar-refractivity contribution is -0.117. The zero-order valence-electron chi connectivity index (χ0n) is 15.6. The molecular formula is C22H12F2N2O3S2. The monoisotopic (exact) mass is 454 g/mol. The van der Waals surface area contributed by atoms with Gasteiger partial charge < -0.3 is 5.11 Å². The standard InChI is InChI=1S/C22H12F2N2O3S2/c23-12-4-1-3-11(9-12)18-17(19(27)15-5-2-8-30-15)20(28)21(29)26(18)22-25-14-7-6-13(24)10-16(14)31-22/h1-10,18,28H/t18-/m0/s1. The van der Waals surface area contributed by atoms with Gasteiger partial charge in [-0.1, -0.05) is 29.5 Å². The van der Waals surface area contributed by atoms with Gasteiger partial charge in [0, 0.05) is 0 Å². The predicted molar refractivity (Wildman–Crippen MR) is 115 cm³/mol. The molecule has 0 saturated carbocycles. The number of nitrogens with zero attached hydrogens (tertiary/aromatic N) is 2. The molecule has 0 aliphatic carbocycles. The van der Waals surface area contributed by atoms with Crippen LogP contribution >= 0.6 is 22.7 Å². The van der Waals surface area contributed by atoms with Gasteiger partial charge in [-0.25, -0.2) is 13.8 Å². The molecule has 0 unspecified atom stereocenters. The van der Waals surface area contributed by atoms with E-state index < -0.39 is 35.1 Å². The van der Waals surface area contributed by atoms with E-state index >= 15 is 0 Å². The molecule has 0 fully saturated rings. The smallest absolute Gasteiger partial charge is 0.296 e. The molecule has 0 saturated heterocycles. The molecule has 0 radical (unpaired) electrons. The van der Waals surface area contributed by atoms with Crippen LogP contribution in [0.15, 0.2) is 71.3 Å². The Labute approximate surface area is 182 Å². The van der Waals surface area contributed by atoms with E-state index in [2.05, 4.69) is 4.98 Å². The van der Waals surface area contributed by atoms with Crippen LogP contribution in [0.1, 0.15) is 21.3 Å². The van der Waals surface area contributed by atoms with E-state index in [1.165, 1.54) is 47.7 Å². The third-order valence-electron chi connectivity index (χ3n) is 4.91. The summed E-state index contributed by atoms with van der Waals surface area (Å²) >= 11 is 2.21. The first kappa shape index (κ1) is 19.5. The van der Waals surface area contributed by atoms with E-state index in [0.29, 0.717) is 20.7 Å². The molecule has 5 rings (SSSR count). The number of Topliss-reactive ketones (excluding diaryl/α,β-unsaturated/α-hetero) is 1. The van der Waals surface area contributed by atoms with Crippen LogP contribution in [0.2, 0.25) is 0 Å². The molecule has 3 heterocycles. The molecule has 154 valence electrons.